The highest BCUT2D eigenvalue weighted by Gasteiger charge is 2.68. The van der Waals surface area contributed by atoms with Crippen LogP contribution in [0.1, 0.15) is 32.1 Å². The highest BCUT2D eigenvalue weighted by atomic mass is 32.2. The Morgan fingerprint density at radius 3 is 2.14 bits per heavy atom. The molecule has 2 unspecified atom stereocenters. The Labute approximate surface area is 158 Å². The van der Waals surface area contributed by atoms with Gasteiger partial charge in [0.1, 0.15) is 13.2 Å². The molecule has 0 aromatic carbocycles. The van der Waals surface area contributed by atoms with Crippen LogP contribution in [0, 0.1) is 23.2 Å². The van der Waals surface area contributed by atoms with Gasteiger partial charge in [0.15, 0.2) is 12.4 Å². The van der Waals surface area contributed by atoms with E-state index in [-0.39, 0.29) is 30.6 Å². The summed E-state index contributed by atoms with van der Waals surface area (Å²) in [5.74, 6) is -5.90. The Hall–Kier alpha value is -0.980. The fraction of sp³-hybridized carbons (Fsp3) is 0.938. The number of halogens is 4. The minimum Gasteiger partial charge on any atom is -0.458 e. The molecule has 7 nitrogen and oxygen atoms in total. The van der Waals surface area contributed by atoms with E-state index < -0.39 is 58.3 Å². The van der Waals surface area contributed by atoms with Crippen LogP contribution in [0.3, 0.4) is 0 Å². The van der Waals surface area contributed by atoms with Gasteiger partial charge in [-0.05, 0) is 38.0 Å². The van der Waals surface area contributed by atoms with Crippen molar-refractivity contribution < 1.29 is 49.5 Å². The van der Waals surface area contributed by atoms with Gasteiger partial charge in [-0.2, -0.15) is 17.2 Å². The lowest BCUT2D eigenvalue weighted by molar-refractivity contribution is -0.399. The Kier molecular flexibility index (Phi) is 4.36. The molecule has 1 saturated heterocycles. The summed E-state index contributed by atoms with van der Waals surface area (Å²) in [6, 6.07) is 0. The van der Waals surface area contributed by atoms with Gasteiger partial charge in [-0.25, -0.2) is 8.78 Å². The molecule has 4 bridgehead atoms. The average Bonchev–Trinajstić information content (AvgIpc) is 2.57. The van der Waals surface area contributed by atoms with Gasteiger partial charge in [0.05, 0.1) is 5.41 Å². The van der Waals surface area contributed by atoms with Crippen molar-refractivity contribution in [2.45, 2.75) is 49.1 Å². The largest absolute Gasteiger partial charge is 0.458 e. The monoisotopic (exact) mass is 432 g/mol. The first kappa shape index (κ1) is 20.3. The van der Waals surface area contributed by atoms with E-state index in [9.17, 15) is 30.8 Å². The summed E-state index contributed by atoms with van der Waals surface area (Å²) in [7, 11) is -5.71. The van der Waals surface area contributed by atoms with Crippen LogP contribution in [0.4, 0.5) is 17.6 Å². The zero-order valence-electron chi connectivity index (χ0n) is 14.7. The number of carbonyl (C=O) groups excluding carboxylic acids is 1. The maximum absolute atomic E-state index is 13.5. The van der Waals surface area contributed by atoms with E-state index in [4.69, 9.17) is 14.0 Å². The predicted octanol–water partition coefficient (Wildman–Crippen LogP) is 2.21. The molecule has 5 fully saturated rings. The van der Waals surface area contributed by atoms with Gasteiger partial charge >= 0.3 is 21.3 Å². The highest BCUT2D eigenvalue weighted by Crippen LogP contribution is 2.66. The standard InChI is InChI=1S/C16H20F4O7S/c17-14(18)6-26-16(27-7-14)10-1-9-2-11(16)5-13(3-9,4-10)12(21)25-8-15(19,20)28(22,23)24/h9-11H,1-8H2,(H,22,23,24). The van der Waals surface area contributed by atoms with Crippen molar-refractivity contribution in [2.24, 2.45) is 23.2 Å². The van der Waals surface area contributed by atoms with E-state index >= 15 is 0 Å². The van der Waals surface area contributed by atoms with Crippen LogP contribution in [0.25, 0.3) is 0 Å². The zero-order chi connectivity index (χ0) is 20.6. The topological polar surface area (TPSA) is 99.1 Å². The van der Waals surface area contributed by atoms with Crippen molar-refractivity contribution in [3.8, 4) is 0 Å². The number of alkyl halides is 4. The van der Waals surface area contributed by atoms with Crippen LogP contribution in [0.15, 0.2) is 0 Å². The number of esters is 1. The summed E-state index contributed by atoms with van der Waals surface area (Å²) < 4.78 is 99.2. The zero-order valence-corrected chi connectivity index (χ0v) is 15.5. The third kappa shape index (κ3) is 3.03. The first-order chi connectivity index (χ1) is 12.8. The van der Waals surface area contributed by atoms with Gasteiger partial charge in [0.2, 0.25) is 0 Å². The third-order valence-electron chi connectivity index (χ3n) is 6.53. The van der Waals surface area contributed by atoms with Gasteiger partial charge in [-0.1, -0.05) is 0 Å². The molecule has 4 aliphatic carbocycles. The lowest BCUT2D eigenvalue weighted by Crippen LogP contribution is -2.68. The van der Waals surface area contributed by atoms with Gasteiger partial charge in [0.25, 0.3) is 5.92 Å². The van der Waals surface area contributed by atoms with Crippen molar-refractivity contribution in [1.82, 2.24) is 0 Å². The van der Waals surface area contributed by atoms with E-state index in [1.807, 2.05) is 0 Å². The summed E-state index contributed by atoms with van der Waals surface area (Å²) >= 11 is 0. The fourth-order valence-corrected chi connectivity index (χ4v) is 5.75. The summed E-state index contributed by atoms with van der Waals surface area (Å²) in [6.45, 7) is -3.33. The summed E-state index contributed by atoms with van der Waals surface area (Å²) in [6.07, 6.45) is 1.95. The highest BCUT2D eigenvalue weighted by molar-refractivity contribution is 7.86. The fourth-order valence-electron chi connectivity index (χ4n) is 5.55. The predicted molar refractivity (Wildman–Crippen MR) is 83.0 cm³/mol. The molecule has 28 heavy (non-hydrogen) atoms. The molecule has 0 aromatic heterocycles. The molecule has 2 atom stereocenters. The third-order valence-corrected chi connectivity index (χ3v) is 7.40. The molecule has 1 aliphatic heterocycles. The minimum absolute atomic E-state index is 0.0763. The van der Waals surface area contributed by atoms with Crippen molar-refractivity contribution in [2.75, 3.05) is 19.8 Å². The van der Waals surface area contributed by atoms with E-state index in [0.29, 0.717) is 19.3 Å². The average molecular weight is 432 g/mol. The maximum atomic E-state index is 13.5. The summed E-state index contributed by atoms with van der Waals surface area (Å²) in [5.41, 5.74) is -1.11. The molecule has 160 valence electrons. The molecule has 5 aliphatic rings. The molecule has 0 radical (unpaired) electrons. The van der Waals surface area contributed by atoms with Crippen molar-refractivity contribution >= 4 is 16.1 Å². The molecular formula is C16H20F4O7S. The van der Waals surface area contributed by atoms with Crippen molar-refractivity contribution in [1.29, 1.82) is 0 Å². The number of hydrogen-bond donors (Lipinski definition) is 1. The number of hydrogen-bond acceptors (Lipinski definition) is 6. The number of rotatable bonds is 4. The quantitative estimate of drug-likeness (QED) is 0.413. The van der Waals surface area contributed by atoms with Crippen molar-refractivity contribution in [3.63, 3.8) is 0 Å². The maximum Gasteiger partial charge on any atom is 0.402 e. The normalized spacial score (nSPS) is 38.5. The van der Waals surface area contributed by atoms with Gasteiger partial charge < -0.3 is 14.2 Å². The number of ether oxygens (including phenoxy) is 3. The van der Waals surface area contributed by atoms with E-state index in [2.05, 4.69) is 4.74 Å². The molecule has 12 heteroatoms. The van der Waals surface area contributed by atoms with Crippen LogP contribution in [-0.4, -0.2) is 55.7 Å². The second-order valence-electron chi connectivity index (χ2n) is 8.47. The molecule has 1 N–H and O–H groups in total. The molecule has 4 saturated carbocycles. The smallest absolute Gasteiger partial charge is 0.402 e. The van der Waals surface area contributed by atoms with Crippen LogP contribution >= 0.6 is 0 Å². The second-order valence-corrected chi connectivity index (χ2v) is 10.0. The van der Waals surface area contributed by atoms with Crippen LogP contribution in [0.5, 0.6) is 0 Å². The Morgan fingerprint density at radius 1 is 1.11 bits per heavy atom. The van der Waals surface area contributed by atoms with E-state index in [0.717, 1.165) is 0 Å². The first-order valence-corrected chi connectivity index (χ1v) is 10.4. The van der Waals surface area contributed by atoms with Gasteiger partial charge in [-0.15, -0.1) is 0 Å². The Bertz CT molecular complexity index is 756. The second kappa shape index (κ2) is 6.02. The lowest BCUT2D eigenvalue weighted by Gasteiger charge is -2.64. The summed E-state index contributed by atoms with van der Waals surface area (Å²) in [5, 5.41) is -4.60. The van der Waals surface area contributed by atoms with Gasteiger partial charge in [-0.3, -0.25) is 9.35 Å². The van der Waals surface area contributed by atoms with Crippen molar-refractivity contribution in [3.05, 3.63) is 0 Å². The Balaban J connectivity index is 1.50. The Morgan fingerprint density at radius 2 is 1.64 bits per heavy atom. The van der Waals surface area contributed by atoms with Gasteiger partial charge in [0, 0.05) is 11.8 Å². The molecule has 0 aromatic rings. The molecule has 0 amide bonds. The van der Waals surface area contributed by atoms with E-state index in [1.165, 1.54) is 0 Å². The summed E-state index contributed by atoms with van der Waals surface area (Å²) in [4.78, 5) is 12.6. The SMILES string of the molecule is O=C(OCC(F)(F)S(=O)(=O)O)C12CC3CC(C1)C1(OCC(F)(F)CO1)C(C3)C2. The number of carbonyl (C=O) groups is 1. The van der Waals surface area contributed by atoms with Crippen LogP contribution in [-0.2, 0) is 29.1 Å². The molecule has 1 heterocycles. The lowest BCUT2D eigenvalue weighted by atomic mass is 9.47. The molecular weight excluding hydrogens is 412 g/mol. The van der Waals surface area contributed by atoms with E-state index in [1.54, 1.807) is 0 Å². The first-order valence-electron chi connectivity index (χ1n) is 8.96. The van der Waals surface area contributed by atoms with Crippen LogP contribution < -0.4 is 0 Å². The minimum atomic E-state index is -5.71. The van der Waals surface area contributed by atoms with Crippen LogP contribution in [0.2, 0.25) is 0 Å². The molecule has 1 spiro atoms. The molecule has 5 rings (SSSR count).